The predicted molar refractivity (Wildman–Crippen MR) is 228 cm³/mol. The first kappa shape index (κ1) is 52.4. The monoisotopic (exact) mass is 805 g/mol. The van der Waals surface area contributed by atoms with Gasteiger partial charge in [-0.2, -0.15) is 0 Å². The molecule has 1 aliphatic heterocycles. The van der Waals surface area contributed by atoms with Gasteiger partial charge in [0.15, 0.2) is 12.4 Å². The Balaban J connectivity index is 2.37. The quantitative estimate of drug-likeness (QED) is 0.0274. The molecule has 0 amide bonds. The Hall–Kier alpha value is -2.60. The fourth-order valence-corrected chi connectivity index (χ4v) is 6.35. The van der Waals surface area contributed by atoms with Crippen molar-refractivity contribution in [3.05, 3.63) is 60.8 Å². The molecule has 328 valence electrons. The van der Waals surface area contributed by atoms with Gasteiger partial charge in [0.25, 0.3) is 0 Å². The molecular weight excluding hydrogens is 725 g/mol. The number of carbonyl (C=O) groups is 2. The Bertz CT molecular complexity index is 1110. The van der Waals surface area contributed by atoms with Crippen molar-refractivity contribution in [3.8, 4) is 0 Å². The number of carbonyl (C=O) groups excluding carboxylic acids is 2. The van der Waals surface area contributed by atoms with Gasteiger partial charge in [0.05, 0.1) is 13.2 Å². The zero-order chi connectivity index (χ0) is 41.6. The van der Waals surface area contributed by atoms with E-state index in [0.29, 0.717) is 12.8 Å². The summed E-state index contributed by atoms with van der Waals surface area (Å²) in [7, 11) is 0. The van der Waals surface area contributed by atoms with Crippen LogP contribution in [0.25, 0.3) is 0 Å². The van der Waals surface area contributed by atoms with Crippen LogP contribution in [-0.2, 0) is 28.5 Å². The number of hydrogen-bond donors (Lipinski definition) is 4. The minimum absolute atomic E-state index is 0.213. The van der Waals surface area contributed by atoms with Crippen molar-refractivity contribution < 1.29 is 49.0 Å². The fourth-order valence-electron chi connectivity index (χ4n) is 6.35. The molecule has 0 aromatic rings. The number of ether oxygens (including phenoxy) is 4. The Morgan fingerprint density at radius 1 is 0.561 bits per heavy atom. The van der Waals surface area contributed by atoms with Gasteiger partial charge in [0.2, 0.25) is 0 Å². The van der Waals surface area contributed by atoms with Crippen LogP contribution in [0.5, 0.6) is 0 Å². The molecule has 1 saturated heterocycles. The summed E-state index contributed by atoms with van der Waals surface area (Å²) in [5.41, 5.74) is 0. The first-order chi connectivity index (χ1) is 27.8. The molecule has 6 atom stereocenters. The maximum atomic E-state index is 12.8. The van der Waals surface area contributed by atoms with Crippen molar-refractivity contribution >= 4 is 11.9 Å². The van der Waals surface area contributed by atoms with E-state index in [0.717, 1.165) is 64.2 Å². The van der Waals surface area contributed by atoms with Crippen LogP contribution in [0.15, 0.2) is 60.8 Å². The second-order valence-corrected chi connectivity index (χ2v) is 15.1. The highest BCUT2D eigenvalue weighted by Crippen LogP contribution is 2.22. The van der Waals surface area contributed by atoms with Crippen molar-refractivity contribution in [1.82, 2.24) is 0 Å². The van der Waals surface area contributed by atoms with Crippen LogP contribution in [0.3, 0.4) is 0 Å². The van der Waals surface area contributed by atoms with E-state index in [9.17, 15) is 30.0 Å². The molecule has 0 aromatic heterocycles. The fraction of sp³-hybridized carbons (Fsp3) is 0.745. The van der Waals surface area contributed by atoms with Crippen molar-refractivity contribution in [3.63, 3.8) is 0 Å². The highest BCUT2D eigenvalue weighted by molar-refractivity contribution is 5.70. The molecule has 0 aromatic carbocycles. The van der Waals surface area contributed by atoms with Crippen LogP contribution in [0.4, 0.5) is 0 Å². The largest absolute Gasteiger partial charge is 0.462 e. The van der Waals surface area contributed by atoms with E-state index in [-0.39, 0.29) is 26.1 Å². The summed E-state index contributed by atoms with van der Waals surface area (Å²) in [6.45, 7) is 3.25. The van der Waals surface area contributed by atoms with Gasteiger partial charge in [-0.15, -0.1) is 0 Å². The summed E-state index contributed by atoms with van der Waals surface area (Å²) < 4.78 is 22.1. The number of esters is 2. The Morgan fingerprint density at radius 2 is 1.04 bits per heavy atom. The molecule has 1 rings (SSSR count). The van der Waals surface area contributed by atoms with E-state index in [1.807, 2.05) is 0 Å². The SMILES string of the molecule is CC/C=C/C/C=C/C/C=C/C/C=C/CCCCC(=O)OC[C@H](CO[C@@H]1O[C@H](CO)[C@H](O)C(O)C1O)OC(=O)CCCCCCCCC/C=C/CCCCCCCC. The minimum Gasteiger partial charge on any atom is -0.462 e. The lowest BCUT2D eigenvalue weighted by molar-refractivity contribution is -0.305. The van der Waals surface area contributed by atoms with Gasteiger partial charge in [-0.3, -0.25) is 9.59 Å². The van der Waals surface area contributed by atoms with Gasteiger partial charge in [-0.1, -0.05) is 139 Å². The molecule has 1 fully saturated rings. The first-order valence-corrected chi connectivity index (χ1v) is 22.4. The molecule has 0 bridgehead atoms. The number of unbranched alkanes of at least 4 members (excludes halogenated alkanes) is 15. The third kappa shape index (κ3) is 29.3. The zero-order valence-corrected chi connectivity index (χ0v) is 35.6. The zero-order valence-electron chi connectivity index (χ0n) is 35.6. The van der Waals surface area contributed by atoms with Gasteiger partial charge in [-0.05, 0) is 77.0 Å². The van der Waals surface area contributed by atoms with Crippen LogP contribution in [0.1, 0.15) is 168 Å². The summed E-state index contributed by atoms with van der Waals surface area (Å²) in [6.07, 6.45) is 38.0. The molecule has 10 heteroatoms. The van der Waals surface area contributed by atoms with Crippen LogP contribution < -0.4 is 0 Å². The second kappa shape index (κ2) is 37.7. The van der Waals surface area contributed by atoms with Gasteiger partial charge < -0.3 is 39.4 Å². The number of allylic oxidation sites excluding steroid dienone is 10. The van der Waals surface area contributed by atoms with Crippen molar-refractivity contribution in [2.45, 2.75) is 205 Å². The number of aliphatic hydroxyl groups is 4. The second-order valence-electron chi connectivity index (χ2n) is 15.1. The summed E-state index contributed by atoms with van der Waals surface area (Å²) >= 11 is 0. The van der Waals surface area contributed by atoms with Gasteiger partial charge in [-0.25, -0.2) is 0 Å². The molecule has 10 nitrogen and oxygen atoms in total. The Labute approximate surface area is 345 Å². The summed E-state index contributed by atoms with van der Waals surface area (Å²) in [4.78, 5) is 25.3. The smallest absolute Gasteiger partial charge is 0.306 e. The minimum atomic E-state index is -1.60. The van der Waals surface area contributed by atoms with E-state index in [1.165, 1.54) is 64.2 Å². The van der Waals surface area contributed by atoms with Crippen LogP contribution >= 0.6 is 0 Å². The Morgan fingerprint density at radius 3 is 1.61 bits per heavy atom. The maximum absolute atomic E-state index is 12.8. The molecule has 1 aliphatic rings. The molecular formula is C47H80O10. The molecule has 0 saturated carbocycles. The average Bonchev–Trinajstić information content (AvgIpc) is 3.21. The lowest BCUT2D eigenvalue weighted by Gasteiger charge is -2.39. The third-order valence-corrected chi connectivity index (χ3v) is 9.89. The van der Waals surface area contributed by atoms with Gasteiger partial charge in [0, 0.05) is 12.8 Å². The summed E-state index contributed by atoms with van der Waals surface area (Å²) in [5.74, 6) is -0.864. The maximum Gasteiger partial charge on any atom is 0.306 e. The molecule has 0 radical (unpaired) electrons. The highest BCUT2D eigenvalue weighted by atomic mass is 16.7. The van der Waals surface area contributed by atoms with Crippen molar-refractivity contribution in [2.75, 3.05) is 19.8 Å². The van der Waals surface area contributed by atoms with Crippen molar-refractivity contribution in [1.29, 1.82) is 0 Å². The first-order valence-electron chi connectivity index (χ1n) is 22.4. The normalized spacial score (nSPS) is 20.8. The number of aliphatic hydroxyl groups excluding tert-OH is 4. The average molecular weight is 805 g/mol. The van der Waals surface area contributed by atoms with E-state index < -0.39 is 55.4 Å². The van der Waals surface area contributed by atoms with E-state index in [2.05, 4.69) is 74.6 Å². The molecule has 4 N–H and O–H groups in total. The molecule has 0 spiro atoms. The van der Waals surface area contributed by atoms with Crippen LogP contribution in [0.2, 0.25) is 0 Å². The van der Waals surface area contributed by atoms with E-state index >= 15 is 0 Å². The van der Waals surface area contributed by atoms with E-state index in [4.69, 9.17) is 18.9 Å². The van der Waals surface area contributed by atoms with E-state index in [1.54, 1.807) is 0 Å². The van der Waals surface area contributed by atoms with Gasteiger partial charge in [0.1, 0.15) is 31.0 Å². The summed E-state index contributed by atoms with van der Waals surface area (Å²) in [6, 6.07) is 0. The molecule has 2 unspecified atom stereocenters. The van der Waals surface area contributed by atoms with Crippen LogP contribution in [0, 0.1) is 0 Å². The van der Waals surface area contributed by atoms with Crippen molar-refractivity contribution in [2.24, 2.45) is 0 Å². The molecule has 57 heavy (non-hydrogen) atoms. The summed E-state index contributed by atoms with van der Waals surface area (Å²) in [5, 5.41) is 40.1. The Kier molecular flexibility index (Phi) is 34.6. The number of rotatable bonds is 36. The lowest BCUT2D eigenvalue weighted by Crippen LogP contribution is -2.59. The lowest BCUT2D eigenvalue weighted by atomic mass is 9.99. The van der Waals surface area contributed by atoms with Crippen LogP contribution in [-0.4, -0.2) is 89.0 Å². The standard InChI is InChI=1S/C47H80O10/c1-3-5-7-9-11-13-15-17-19-20-22-24-26-28-30-32-34-36-43(50)56-40(39-55-47-46(53)45(52)44(51)41(37-48)57-47)38-54-42(49)35-33-31-29-27-25-23-21-18-16-14-12-10-8-6-4-2/h6,8,12,14,17-19,21,25,27,40-41,44-48,51-53H,3-5,7,9-11,13,15-16,20,22-24,26,28-39H2,1-2H3/b8-6+,14-12+,19-17+,21-18+,27-25+/t40-,41-,44+,45?,46?,47-/m1/s1. The third-order valence-electron chi connectivity index (χ3n) is 9.89. The highest BCUT2D eigenvalue weighted by Gasteiger charge is 2.44. The number of hydrogen-bond acceptors (Lipinski definition) is 10. The topological polar surface area (TPSA) is 152 Å². The molecule has 1 heterocycles. The predicted octanol–water partition coefficient (Wildman–Crippen LogP) is 9.44. The van der Waals surface area contributed by atoms with Gasteiger partial charge >= 0.3 is 11.9 Å². The molecule has 0 aliphatic carbocycles.